The predicted molar refractivity (Wildman–Crippen MR) is 48.5 cm³/mol. The van der Waals surface area contributed by atoms with Gasteiger partial charge in [-0.05, 0) is 12.5 Å². The lowest BCUT2D eigenvalue weighted by atomic mass is 9.98. The molecule has 13 heavy (non-hydrogen) atoms. The summed E-state index contributed by atoms with van der Waals surface area (Å²) in [6.45, 7) is 6.26. The highest BCUT2D eigenvalue weighted by Crippen LogP contribution is 2.25. The molecule has 0 saturated carbocycles. The molecule has 0 aromatic carbocycles. The first kappa shape index (κ1) is 8.69. The van der Waals surface area contributed by atoms with Crippen LogP contribution in [0.2, 0.25) is 0 Å². The SMILES string of the molecule is CCc1noc([C@@H]2CNC[C@H]2C)n1. The maximum atomic E-state index is 5.21. The molecule has 1 fully saturated rings. The van der Waals surface area contributed by atoms with Gasteiger partial charge in [-0.25, -0.2) is 0 Å². The van der Waals surface area contributed by atoms with E-state index < -0.39 is 0 Å². The summed E-state index contributed by atoms with van der Waals surface area (Å²) < 4.78 is 5.21. The Kier molecular flexibility index (Phi) is 2.31. The molecule has 1 aliphatic rings. The summed E-state index contributed by atoms with van der Waals surface area (Å²) in [7, 11) is 0. The number of nitrogens with zero attached hydrogens (tertiary/aromatic N) is 2. The van der Waals surface area contributed by atoms with Gasteiger partial charge in [0, 0.05) is 13.0 Å². The lowest BCUT2D eigenvalue weighted by Gasteiger charge is -2.07. The summed E-state index contributed by atoms with van der Waals surface area (Å²) in [6, 6.07) is 0. The van der Waals surface area contributed by atoms with Crippen LogP contribution < -0.4 is 5.32 Å². The van der Waals surface area contributed by atoms with Crippen LogP contribution >= 0.6 is 0 Å². The van der Waals surface area contributed by atoms with E-state index >= 15 is 0 Å². The molecule has 0 amide bonds. The average Bonchev–Trinajstić information content (AvgIpc) is 2.71. The highest BCUT2D eigenvalue weighted by atomic mass is 16.5. The Morgan fingerprint density at radius 1 is 1.54 bits per heavy atom. The largest absolute Gasteiger partial charge is 0.339 e. The Hall–Kier alpha value is -0.900. The number of rotatable bonds is 2. The number of nitrogens with one attached hydrogen (secondary N) is 1. The van der Waals surface area contributed by atoms with Crippen LogP contribution in [0.5, 0.6) is 0 Å². The van der Waals surface area contributed by atoms with Crippen LogP contribution in [0.15, 0.2) is 4.52 Å². The quantitative estimate of drug-likeness (QED) is 0.738. The standard InChI is InChI=1S/C9H15N3O/c1-3-8-11-9(13-12-8)7-5-10-4-6(7)2/h6-7,10H,3-5H2,1-2H3/t6-,7-/m1/s1. The van der Waals surface area contributed by atoms with Crippen molar-refractivity contribution in [1.82, 2.24) is 15.5 Å². The molecule has 1 aliphatic heterocycles. The molecule has 72 valence electrons. The second-order valence-corrected chi connectivity index (χ2v) is 3.64. The van der Waals surface area contributed by atoms with Crippen molar-refractivity contribution in [3.05, 3.63) is 11.7 Å². The van der Waals surface area contributed by atoms with E-state index in [1.54, 1.807) is 0 Å². The molecule has 1 N–H and O–H groups in total. The first-order valence-electron chi connectivity index (χ1n) is 4.84. The molecule has 4 nitrogen and oxygen atoms in total. The van der Waals surface area contributed by atoms with Gasteiger partial charge in [-0.3, -0.25) is 0 Å². The van der Waals surface area contributed by atoms with Gasteiger partial charge in [0.15, 0.2) is 5.82 Å². The number of aryl methyl sites for hydroxylation is 1. The summed E-state index contributed by atoms with van der Waals surface area (Å²) in [5.41, 5.74) is 0. The third-order valence-corrected chi connectivity index (χ3v) is 2.63. The van der Waals surface area contributed by atoms with Crippen molar-refractivity contribution in [2.75, 3.05) is 13.1 Å². The van der Waals surface area contributed by atoms with E-state index in [0.29, 0.717) is 11.8 Å². The number of aromatic nitrogens is 2. The van der Waals surface area contributed by atoms with Gasteiger partial charge in [-0.2, -0.15) is 4.98 Å². The Bertz CT molecular complexity index is 284. The Morgan fingerprint density at radius 3 is 2.92 bits per heavy atom. The van der Waals surface area contributed by atoms with Gasteiger partial charge in [0.25, 0.3) is 0 Å². The Morgan fingerprint density at radius 2 is 2.38 bits per heavy atom. The highest BCUT2D eigenvalue weighted by molar-refractivity contribution is 5.00. The molecule has 2 rings (SSSR count). The molecule has 0 unspecified atom stereocenters. The fourth-order valence-electron chi connectivity index (χ4n) is 1.70. The maximum absolute atomic E-state index is 5.21. The third kappa shape index (κ3) is 1.58. The maximum Gasteiger partial charge on any atom is 0.231 e. The zero-order chi connectivity index (χ0) is 9.26. The molecule has 2 atom stereocenters. The van der Waals surface area contributed by atoms with Gasteiger partial charge in [-0.15, -0.1) is 0 Å². The monoisotopic (exact) mass is 181 g/mol. The third-order valence-electron chi connectivity index (χ3n) is 2.63. The van der Waals surface area contributed by atoms with Gasteiger partial charge in [0.2, 0.25) is 5.89 Å². The van der Waals surface area contributed by atoms with Gasteiger partial charge in [0.1, 0.15) is 0 Å². The number of hydrogen-bond acceptors (Lipinski definition) is 4. The van der Waals surface area contributed by atoms with Crippen molar-refractivity contribution in [2.45, 2.75) is 26.2 Å². The van der Waals surface area contributed by atoms with E-state index in [2.05, 4.69) is 22.4 Å². The van der Waals surface area contributed by atoms with E-state index in [0.717, 1.165) is 31.2 Å². The Balaban J connectivity index is 2.15. The molecular formula is C9H15N3O. The van der Waals surface area contributed by atoms with E-state index in [1.165, 1.54) is 0 Å². The van der Waals surface area contributed by atoms with Crippen molar-refractivity contribution in [1.29, 1.82) is 0 Å². The number of hydrogen-bond donors (Lipinski definition) is 1. The van der Waals surface area contributed by atoms with Crippen LogP contribution in [0.4, 0.5) is 0 Å². The topological polar surface area (TPSA) is 51.0 Å². The van der Waals surface area contributed by atoms with Crippen molar-refractivity contribution in [3.63, 3.8) is 0 Å². The molecule has 1 aromatic heterocycles. The molecule has 2 heterocycles. The molecular weight excluding hydrogens is 166 g/mol. The van der Waals surface area contributed by atoms with E-state index in [9.17, 15) is 0 Å². The van der Waals surface area contributed by atoms with Crippen molar-refractivity contribution in [2.24, 2.45) is 5.92 Å². The highest BCUT2D eigenvalue weighted by Gasteiger charge is 2.29. The predicted octanol–water partition coefficient (Wildman–Crippen LogP) is 0.955. The molecule has 1 saturated heterocycles. The lowest BCUT2D eigenvalue weighted by Crippen LogP contribution is -2.08. The zero-order valence-corrected chi connectivity index (χ0v) is 8.08. The van der Waals surface area contributed by atoms with Crippen molar-refractivity contribution >= 4 is 0 Å². The lowest BCUT2D eigenvalue weighted by molar-refractivity contribution is 0.336. The van der Waals surface area contributed by atoms with Crippen molar-refractivity contribution < 1.29 is 4.52 Å². The zero-order valence-electron chi connectivity index (χ0n) is 8.08. The minimum absolute atomic E-state index is 0.410. The van der Waals surface area contributed by atoms with Gasteiger partial charge >= 0.3 is 0 Å². The summed E-state index contributed by atoms with van der Waals surface area (Å²) >= 11 is 0. The summed E-state index contributed by atoms with van der Waals surface area (Å²) in [5.74, 6) is 2.63. The van der Waals surface area contributed by atoms with Gasteiger partial charge in [0.05, 0.1) is 5.92 Å². The molecule has 0 bridgehead atoms. The smallest absolute Gasteiger partial charge is 0.231 e. The summed E-state index contributed by atoms with van der Waals surface area (Å²) in [5, 5.41) is 7.22. The van der Waals surface area contributed by atoms with Crippen LogP contribution in [0.1, 0.15) is 31.5 Å². The van der Waals surface area contributed by atoms with Crippen LogP contribution in [0.3, 0.4) is 0 Å². The minimum atomic E-state index is 0.410. The average molecular weight is 181 g/mol. The van der Waals surface area contributed by atoms with Gasteiger partial charge < -0.3 is 9.84 Å². The van der Waals surface area contributed by atoms with E-state index in [-0.39, 0.29) is 0 Å². The second-order valence-electron chi connectivity index (χ2n) is 3.64. The Labute approximate surface area is 77.7 Å². The van der Waals surface area contributed by atoms with E-state index in [1.807, 2.05) is 6.92 Å². The van der Waals surface area contributed by atoms with Gasteiger partial charge in [-0.1, -0.05) is 19.0 Å². The molecule has 4 heteroatoms. The molecule has 0 spiro atoms. The fourth-order valence-corrected chi connectivity index (χ4v) is 1.70. The fraction of sp³-hybridized carbons (Fsp3) is 0.778. The van der Waals surface area contributed by atoms with Crippen LogP contribution in [0, 0.1) is 5.92 Å². The second kappa shape index (κ2) is 3.46. The summed E-state index contributed by atoms with van der Waals surface area (Å²) in [4.78, 5) is 4.34. The summed E-state index contributed by atoms with van der Waals surface area (Å²) in [6.07, 6.45) is 0.845. The molecule has 0 radical (unpaired) electrons. The normalized spacial score (nSPS) is 28.2. The first-order valence-corrected chi connectivity index (χ1v) is 4.84. The van der Waals surface area contributed by atoms with E-state index in [4.69, 9.17) is 4.52 Å². The van der Waals surface area contributed by atoms with Crippen molar-refractivity contribution in [3.8, 4) is 0 Å². The van der Waals surface area contributed by atoms with Crippen LogP contribution in [-0.2, 0) is 6.42 Å². The van der Waals surface area contributed by atoms with Crippen LogP contribution in [0.25, 0.3) is 0 Å². The molecule has 0 aliphatic carbocycles. The van der Waals surface area contributed by atoms with Crippen LogP contribution in [-0.4, -0.2) is 23.2 Å². The minimum Gasteiger partial charge on any atom is -0.339 e. The molecule has 1 aromatic rings. The first-order chi connectivity index (χ1) is 6.31.